The van der Waals surface area contributed by atoms with Gasteiger partial charge in [-0.2, -0.15) is 0 Å². The van der Waals surface area contributed by atoms with Gasteiger partial charge in [-0.3, -0.25) is 4.79 Å². The Morgan fingerprint density at radius 1 is 0.778 bits per heavy atom. The highest BCUT2D eigenvalue weighted by molar-refractivity contribution is 5.66. The van der Waals surface area contributed by atoms with Crippen molar-refractivity contribution in [3.8, 4) is 0 Å². The third-order valence-electron chi connectivity index (χ3n) is 4.99. The average molecular weight is 388 g/mol. The minimum Gasteiger partial charge on any atom is -0.481 e. The molecule has 0 fully saturated rings. The van der Waals surface area contributed by atoms with E-state index in [1.807, 2.05) is 13.8 Å². The van der Waals surface area contributed by atoms with E-state index >= 15 is 0 Å². The summed E-state index contributed by atoms with van der Waals surface area (Å²) >= 11 is 0. The maximum absolute atomic E-state index is 9.85. The Labute approximate surface area is 169 Å². The Kier molecular flexibility index (Phi) is 21.3. The number of hydrogen-bond acceptors (Lipinski definition) is 3. The fourth-order valence-corrected chi connectivity index (χ4v) is 2.90. The normalized spacial score (nSPS) is 12.4. The largest absolute Gasteiger partial charge is 0.481 e. The minimum absolute atomic E-state index is 0.222. The Balaban J connectivity index is 0. The van der Waals surface area contributed by atoms with Crippen LogP contribution in [0.1, 0.15) is 130 Å². The van der Waals surface area contributed by atoms with E-state index in [1.54, 1.807) is 6.92 Å². The fraction of sp³-hybridized carbons (Fsp3) is 0.957. The minimum atomic E-state index is -0.745. The number of aliphatic hydroxyl groups is 1. The highest BCUT2D eigenvalue weighted by atomic mass is 16.4. The third-order valence-corrected chi connectivity index (χ3v) is 4.99. The molecule has 27 heavy (non-hydrogen) atoms. The van der Waals surface area contributed by atoms with Crippen LogP contribution in [0.2, 0.25) is 0 Å². The first kappa shape index (κ1) is 28.6. The molecule has 0 saturated heterocycles. The van der Waals surface area contributed by atoms with E-state index in [-0.39, 0.29) is 12.5 Å². The number of carboxylic acids is 1. The van der Waals surface area contributed by atoms with Gasteiger partial charge in [0.15, 0.2) is 0 Å². The van der Waals surface area contributed by atoms with E-state index < -0.39 is 11.5 Å². The van der Waals surface area contributed by atoms with E-state index in [4.69, 9.17) is 10.8 Å². The smallest absolute Gasteiger partial charge is 0.303 e. The van der Waals surface area contributed by atoms with Crippen LogP contribution >= 0.6 is 0 Å². The van der Waals surface area contributed by atoms with Crippen molar-refractivity contribution in [3.63, 3.8) is 0 Å². The van der Waals surface area contributed by atoms with Crippen LogP contribution in [0.5, 0.6) is 0 Å². The van der Waals surface area contributed by atoms with Gasteiger partial charge in [-0.1, -0.05) is 104 Å². The average Bonchev–Trinajstić information content (AvgIpc) is 2.61. The van der Waals surface area contributed by atoms with Crippen LogP contribution in [0.15, 0.2) is 0 Å². The molecule has 0 radical (unpaired) electrons. The summed E-state index contributed by atoms with van der Waals surface area (Å²) in [4.78, 5) is 9.37. The highest BCUT2D eigenvalue weighted by Crippen LogP contribution is 2.16. The molecule has 0 aromatic carbocycles. The second-order valence-corrected chi connectivity index (χ2v) is 8.47. The van der Waals surface area contributed by atoms with Crippen molar-refractivity contribution in [1.82, 2.24) is 0 Å². The monoisotopic (exact) mass is 387 g/mol. The molecule has 0 aliphatic heterocycles. The molecule has 0 spiro atoms. The second kappa shape index (κ2) is 20.1. The first-order chi connectivity index (χ1) is 12.8. The van der Waals surface area contributed by atoms with Gasteiger partial charge < -0.3 is 15.9 Å². The summed E-state index contributed by atoms with van der Waals surface area (Å²) < 4.78 is 0. The van der Waals surface area contributed by atoms with Crippen molar-refractivity contribution >= 4 is 5.97 Å². The van der Waals surface area contributed by atoms with Crippen LogP contribution in [-0.4, -0.2) is 27.8 Å². The lowest BCUT2D eigenvalue weighted by Crippen LogP contribution is -2.44. The van der Waals surface area contributed by atoms with Gasteiger partial charge in [0, 0.05) is 12.0 Å². The zero-order chi connectivity index (χ0) is 21.0. The number of rotatable bonds is 17. The molecule has 0 aromatic rings. The summed E-state index contributed by atoms with van der Waals surface area (Å²) in [5, 5.41) is 17.6. The number of unbranched alkanes of at least 4 members (excludes halogenated alkanes) is 13. The standard InChI is InChI=1S/C20H43NO.C3H6O2/c1-4-5-6-7-8-9-10-11-12-13-14-15-16-17-18-19(22)20(2,3)21;1-2-3(4)5/h19,22H,4-18,21H2,1-3H3;2H2,1H3,(H,4,5). The second-order valence-electron chi connectivity index (χ2n) is 8.47. The van der Waals surface area contributed by atoms with Crippen LogP contribution in [0.4, 0.5) is 0 Å². The van der Waals surface area contributed by atoms with Gasteiger partial charge in [-0.05, 0) is 20.3 Å². The van der Waals surface area contributed by atoms with Crippen LogP contribution in [-0.2, 0) is 4.79 Å². The number of hydrogen-bond donors (Lipinski definition) is 3. The molecule has 4 nitrogen and oxygen atoms in total. The van der Waals surface area contributed by atoms with Crippen LogP contribution in [0.25, 0.3) is 0 Å². The van der Waals surface area contributed by atoms with Crippen molar-refractivity contribution < 1.29 is 15.0 Å². The summed E-state index contributed by atoms with van der Waals surface area (Å²) in [5.41, 5.74) is 5.44. The molecule has 164 valence electrons. The van der Waals surface area contributed by atoms with Gasteiger partial charge in [-0.15, -0.1) is 0 Å². The molecule has 1 atom stereocenters. The third kappa shape index (κ3) is 25.4. The maximum atomic E-state index is 9.85. The SMILES string of the molecule is CCC(=O)O.CCCCCCCCCCCCCCCCC(O)C(C)(C)N. The van der Waals surface area contributed by atoms with Crippen LogP contribution in [0, 0.1) is 0 Å². The number of carbonyl (C=O) groups is 1. The first-order valence-corrected chi connectivity index (χ1v) is 11.4. The van der Waals surface area contributed by atoms with Gasteiger partial charge in [0.2, 0.25) is 0 Å². The highest BCUT2D eigenvalue weighted by Gasteiger charge is 2.21. The molecular weight excluding hydrogens is 338 g/mol. The zero-order valence-corrected chi connectivity index (χ0v) is 18.8. The fourth-order valence-electron chi connectivity index (χ4n) is 2.90. The lowest BCUT2D eigenvalue weighted by molar-refractivity contribution is -0.136. The summed E-state index contributed by atoms with van der Waals surface area (Å²) in [6, 6.07) is 0. The first-order valence-electron chi connectivity index (χ1n) is 11.4. The number of carboxylic acid groups (broad SMARTS) is 1. The predicted octanol–water partition coefficient (Wildman–Crippen LogP) is 6.44. The van der Waals surface area contributed by atoms with Gasteiger partial charge in [0.25, 0.3) is 0 Å². The van der Waals surface area contributed by atoms with Crippen molar-refractivity contribution in [3.05, 3.63) is 0 Å². The molecule has 1 unspecified atom stereocenters. The van der Waals surface area contributed by atoms with Gasteiger partial charge in [-0.25, -0.2) is 0 Å². The van der Waals surface area contributed by atoms with Crippen molar-refractivity contribution in [1.29, 1.82) is 0 Å². The van der Waals surface area contributed by atoms with Gasteiger partial charge >= 0.3 is 5.97 Å². The number of aliphatic carboxylic acids is 1. The molecule has 0 heterocycles. The van der Waals surface area contributed by atoms with Gasteiger partial charge in [0.05, 0.1) is 6.10 Å². The molecule has 0 bridgehead atoms. The molecule has 0 saturated carbocycles. The molecule has 4 N–H and O–H groups in total. The van der Waals surface area contributed by atoms with Crippen molar-refractivity contribution in [2.75, 3.05) is 0 Å². The molecule has 0 aliphatic rings. The van der Waals surface area contributed by atoms with Crippen LogP contribution in [0.3, 0.4) is 0 Å². The topological polar surface area (TPSA) is 83.5 Å². The van der Waals surface area contributed by atoms with E-state index in [0.29, 0.717) is 0 Å². The molecule has 4 heteroatoms. The Bertz CT molecular complexity index is 313. The van der Waals surface area contributed by atoms with E-state index in [9.17, 15) is 9.90 Å². The Morgan fingerprint density at radius 2 is 1.07 bits per heavy atom. The number of aliphatic hydroxyl groups excluding tert-OH is 1. The van der Waals surface area contributed by atoms with Crippen molar-refractivity contribution in [2.24, 2.45) is 5.73 Å². The summed E-state index contributed by atoms with van der Waals surface area (Å²) in [7, 11) is 0. The molecule has 0 amide bonds. The Hall–Kier alpha value is -0.610. The van der Waals surface area contributed by atoms with E-state index in [2.05, 4.69) is 6.92 Å². The molecular formula is C23H49NO3. The Morgan fingerprint density at radius 3 is 1.33 bits per heavy atom. The zero-order valence-electron chi connectivity index (χ0n) is 18.8. The van der Waals surface area contributed by atoms with Crippen LogP contribution < -0.4 is 5.73 Å². The maximum Gasteiger partial charge on any atom is 0.303 e. The summed E-state index contributed by atoms with van der Waals surface area (Å²) in [6.07, 6.45) is 19.9. The summed E-state index contributed by atoms with van der Waals surface area (Å²) in [5.74, 6) is -0.745. The number of nitrogens with two attached hydrogens (primary N) is 1. The van der Waals surface area contributed by atoms with E-state index in [0.717, 1.165) is 12.8 Å². The molecule has 0 aliphatic carbocycles. The predicted molar refractivity (Wildman–Crippen MR) is 117 cm³/mol. The molecule has 0 aromatic heterocycles. The van der Waals surface area contributed by atoms with E-state index in [1.165, 1.54) is 83.5 Å². The summed E-state index contributed by atoms with van der Waals surface area (Å²) in [6.45, 7) is 7.69. The lowest BCUT2D eigenvalue weighted by Gasteiger charge is -2.25. The van der Waals surface area contributed by atoms with Gasteiger partial charge in [0.1, 0.15) is 0 Å². The quantitative estimate of drug-likeness (QED) is 0.251. The molecule has 0 rings (SSSR count). The van der Waals surface area contributed by atoms with Crippen molar-refractivity contribution in [2.45, 2.75) is 142 Å². The lowest BCUT2D eigenvalue weighted by atomic mass is 9.94.